The molecule has 2 atom stereocenters. The van der Waals surface area contributed by atoms with Crippen LogP contribution in [0.1, 0.15) is 19.8 Å². The lowest BCUT2D eigenvalue weighted by Gasteiger charge is -2.08. The smallest absolute Gasteiger partial charge is 0.224 e. The summed E-state index contributed by atoms with van der Waals surface area (Å²) in [5, 5.41) is 0. The molecule has 0 aliphatic heterocycles. The van der Waals surface area contributed by atoms with Crippen molar-refractivity contribution >= 4 is 19.9 Å². The van der Waals surface area contributed by atoms with Crippen molar-refractivity contribution in [3.8, 4) is 0 Å². The van der Waals surface area contributed by atoms with E-state index in [0.29, 0.717) is 0 Å². The highest BCUT2D eigenvalue weighted by Gasteiger charge is 2.39. The fourth-order valence-electron chi connectivity index (χ4n) is 2.03. The van der Waals surface area contributed by atoms with Gasteiger partial charge < -0.3 is 0 Å². The summed E-state index contributed by atoms with van der Waals surface area (Å²) in [6.45, 7) is 1.95. The normalized spacial score (nSPS) is 22.8. The zero-order valence-corrected chi connectivity index (χ0v) is 12.8. The van der Waals surface area contributed by atoms with Gasteiger partial charge in [-0.25, -0.2) is 25.9 Å². The zero-order valence-electron chi connectivity index (χ0n) is 11.1. The molecule has 1 aromatic carbocycles. The third-order valence-electron chi connectivity index (χ3n) is 3.37. The van der Waals surface area contributed by atoms with Crippen molar-refractivity contribution in [1.82, 2.24) is 4.72 Å². The van der Waals surface area contributed by atoms with E-state index in [1.54, 1.807) is 0 Å². The van der Waals surface area contributed by atoms with E-state index in [-0.39, 0.29) is 16.9 Å². The van der Waals surface area contributed by atoms with E-state index in [0.717, 1.165) is 37.3 Å². The quantitative estimate of drug-likeness (QED) is 0.829. The lowest BCUT2D eigenvalue weighted by atomic mass is 10.3. The van der Waals surface area contributed by atoms with Crippen LogP contribution < -0.4 is 4.72 Å². The van der Waals surface area contributed by atoms with Gasteiger partial charge in [-0.2, -0.15) is 0 Å². The van der Waals surface area contributed by atoms with Crippen LogP contribution in [0.5, 0.6) is 0 Å². The minimum absolute atomic E-state index is 0.189. The van der Waals surface area contributed by atoms with Crippen molar-refractivity contribution < 1.29 is 21.2 Å². The molecule has 0 aromatic heterocycles. The highest BCUT2D eigenvalue weighted by Crippen LogP contribution is 2.34. The number of rotatable bonds is 5. The Morgan fingerprint density at radius 2 is 1.95 bits per heavy atom. The lowest BCUT2D eigenvalue weighted by molar-refractivity contribution is 0.551. The Kier molecular flexibility index (Phi) is 3.92. The molecule has 1 aliphatic carbocycles. The summed E-state index contributed by atoms with van der Waals surface area (Å²) in [4.78, 5) is -0.843. The Morgan fingerprint density at radius 3 is 2.45 bits per heavy atom. The summed E-state index contributed by atoms with van der Waals surface area (Å²) < 4.78 is 63.1. The maximum Gasteiger partial charge on any atom is 0.243 e. The molecule has 2 rings (SSSR count). The van der Waals surface area contributed by atoms with Gasteiger partial charge in [0.05, 0.1) is 4.90 Å². The molecule has 20 heavy (non-hydrogen) atoms. The number of benzene rings is 1. The third-order valence-corrected chi connectivity index (χ3v) is 5.99. The van der Waals surface area contributed by atoms with Crippen molar-refractivity contribution in [3.63, 3.8) is 0 Å². The standard InChI is InChI=1S/C12H16FNO4S2/c1-3-8-6-11(8)14-20(17,18)12-7-9(19(2,15)16)4-5-10(12)13/h4-5,7-8,11,14H,3,6H2,1-2H3. The van der Waals surface area contributed by atoms with Gasteiger partial charge in [0, 0.05) is 12.3 Å². The second kappa shape index (κ2) is 5.09. The molecule has 112 valence electrons. The van der Waals surface area contributed by atoms with Gasteiger partial charge in [-0.15, -0.1) is 0 Å². The Morgan fingerprint density at radius 1 is 1.30 bits per heavy atom. The van der Waals surface area contributed by atoms with Crippen LogP contribution in [0.3, 0.4) is 0 Å². The van der Waals surface area contributed by atoms with Crippen LogP contribution in [0.25, 0.3) is 0 Å². The summed E-state index contributed by atoms with van der Waals surface area (Å²) in [6.07, 6.45) is 2.51. The summed E-state index contributed by atoms with van der Waals surface area (Å²) in [6, 6.07) is 2.58. The second-order valence-electron chi connectivity index (χ2n) is 5.00. The van der Waals surface area contributed by atoms with Gasteiger partial charge in [-0.05, 0) is 30.5 Å². The Balaban J connectivity index is 2.36. The van der Waals surface area contributed by atoms with Crippen LogP contribution in [-0.2, 0) is 19.9 Å². The predicted octanol–water partition coefficient (Wildman–Crippen LogP) is 1.31. The van der Waals surface area contributed by atoms with Crippen molar-refractivity contribution in [2.75, 3.05) is 6.26 Å². The Hall–Kier alpha value is -0.990. The fraction of sp³-hybridized carbons (Fsp3) is 0.500. The number of halogens is 1. The molecular weight excluding hydrogens is 305 g/mol. The average Bonchev–Trinajstić information content (AvgIpc) is 3.05. The molecule has 1 saturated carbocycles. The van der Waals surface area contributed by atoms with Gasteiger partial charge in [-0.1, -0.05) is 13.3 Å². The van der Waals surface area contributed by atoms with Gasteiger partial charge in [0.2, 0.25) is 10.0 Å². The number of hydrogen-bond acceptors (Lipinski definition) is 4. The molecule has 2 unspecified atom stereocenters. The van der Waals surface area contributed by atoms with Crippen LogP contribution in [0.15, 0.2) is 28.0 Å². The Labute approximate surface area is 118 Å². The van der Waals surface area contributed by atoms with E-state index in [4.69, 9.17) is 0 Å². The fourth-order valence-corrected chi connectivity index (χ4v) is 4.17. The summed E-state index contributed by atoms with van der Waals surface area (Å²) in [5.74, 6) is -0.690. The van der Waals surface area contributed by atoms with Crippen molar-refractivity contribution in [1.29, 1.82) is 0 Å². The molecule has 1 fully saturated rings. The van der Waals surface area contributed by atoms with E-state index >= 15 is 0 Å². The third kappa shape index (κ3) is 3.18. The lowest BCUT2D eigenvalue weighted by Crippen LogP contribution is -2.28. The zero-order chi connectivity index (χ0) is 15.1. The van der Waals surface area contributed by atoms with Crippen molar-refractivity contribution in [2.24, 2.45) is 5.92 Å². The molecule has 5 nitrogen and oxygen atoms in total. The van der Waals surface area contributed by atoms with E-state index in [2.05, 4.69) is 4.72 Å². The van der Waals surface area contributed by atoms with E-state index in [1.807, 2.05) is 6.92 Å². The first-order valence-electron chi connectivity index (χ1n) is 6.17. The number of sulfonamides is 1. The van der Waals surface area contributed by atoms with E-state index in [1.165, 1.54) is 0 Å². The van der Waals surface area contributed by atoms with Gasteiger partial charge in [0.15, 0.2) is 9.84 Å². The first kappa shape index (κ1) is 15.4. The largest absolute Gasteiger partial charge is 0.243 e. The van der Waals surface area contributed by atoms with Gasteiger partial charge in [-0.3, -0.25) is 0 Å². The Bertz CT molecular complexity index is 728. The molecule has 1 N–H and O–H groups in total. The molecule has 1 aromatic rings. The van der Waals surface area contributed by atoms with Crippen molar-refractivity contribution in [2.45, 2.75) is 35.6 Å². The maximum atomic E-state index is 13.7. The van der Waals surface area contributed by atoms with E-state index < -0.39 is 30.6 Å². The maximum absolute atomic E-state index is 13.7. The van der Waals surface area contributed by atoms with E-state index in [9.17, 15) is 21.2 Å². The predicted molar refractivity (Wildman–Crippen MR) is 72.0 cm³/mol. The molecule has 0 amide bonds. The first-order valence-corrected chi connectivity index (χ1v) is 9.54. The molecule has 1 aliphatic rings. The van der Waals surface area contributed by atoms with Crippen LogP contribution in [0.4, 0.5) is 4.39 Å². The van der Waals surface area contributed by atoms with Gasteiger partial charge in [0.1, 0.15) is 10.7 Å². The van der Waals surface area contributed by atoms with Gasteiger partial charge in [0.25, 0.3) is 0 Å². The van der Waals surface area contributed by atoms with Crippen LogP contribution in [0, 0.1) is 11.7 Å². The molecular formula is C12H16FNO4S2. The summed E-state index contributed by atoms with van der Waals surface area (Å²) in [7, 11) is -7.63. The van der Waals surface area contributed by atoms with Crippen LogP contribution in [-0.4, -0.2) is 29.1 Å². The topological polar surface area (TPSA) is 80.3 Å². The number of hydrogen-bond donors (Lipinski definition) is 1. The monoisotopic (exact) mass is 321 g/mol. The average molecular weight is 321 g/mol. The molecule has 0 bridgehead atoms. The van der Waals surface area contributed by atoms with Crippen LogP contribution >= 0.6 is 0 Å². The SMILES string of the molecule is CCC1CC1NS(=O)(=O)c1cc(S(C)(=O)=O)ccc1F. The number of sulfone groups is 1. The second-order valence-corrected chi connectivity index (χ2v) is 8.69. The summed E-state index contributed by atoms with van der Waals surface area (Å²) >= 11 is 0. The molecule has 0 spiro atoms. The van der Waals surface area contributed by atoms with Gasteiger partial charge >= 0.3 is 0 Å². The molecule has 0 heterocycles. The molecule has 0 radical (unpaired) electrons. The molecule has 0 saturated heterocycles. The van der Waals surface area contributed by atoms with Crippen molar-refractivity contribution in [3.05, 3.63) is 24.0 Å². The summed E-state index contributed by atoms with van der Waals surface area (Å²) in [5.41, 5.74) is 0. The van der Waals surface area contributed by atoms with Crippen LogP contribution in [0.2, 0.25) is 0 Å². The highest BCUT2D eigenvalue weighted by atomic mass is 32.2. The minimum atomic E-state index is -4.04. The minimum Gasteiger partial charge on any atom is -0.224 e. The first-order chi connectivity index (χ1) is 9.15. The highest BCUT2D eigenvalue weighted by molar-refractivity contribution is 7.91. The number of nitrogens with one attached hydrogen (secondary N) is 1. The molecule has 8 heteroatoms.